The average molecular weight is 362 g/mol. The highest BCUT2D eigenvalue weighted by atomic mass is 127. The molecule has 0 bridgehead atoms. The van der Waals surface area contributed by atoms with Gasteiger partial charge in [0.25, 0.3) is 5.69 Å². The molecule has 0 radical (unpaired) electrons. The maximum atomic E-state index is 10.7. The van der Waals surface area contributed by atoms with E-state index in [0.29, 0.717) is 15.7 Å². The van der Waals surface area contributed by atoms with Gasteiger partial charge in [0.05, 0.1) is 14.6 Å². The summed E-state index contributed by atoms with van der Waals surface area (Å²) in [5.74, 6) is 0. The summed E-state index contributed by atoms with van der Waals surface area (Å²) in [6.45, 7) is 0. The first-order valence-corrected chi connectivity index (χ1v) is 6.91. The van der Waals surface area contributed by atoms with E-state index in [4.69, 9.17) is 4.74 Å². The van der Waals surface area contributed by atoms with E-state index in [1.807, 2.05) is 28.7 Å². The third kappa shape index (κ3) is 3.11. The monoisotopic (exact) mass is 362 g/mol. The zero-order chi connectivity index (χ0) is 13.1. The molecule has 98 valence electrons. The highest BCUT2D eigenvalue weighted by Gasteiger charge is 2.24. The van der Waals surface area contributed by atoms with Gasteiger partial charge >= 0.3 is 0 Å². The van der Waals surface area contributed by atoms with Crippen molar-refractivity contribution in [1.29, 1.82) is 0 Å². The number of ether oxygens (including phenoxy) is 1. The van der Waals surface area contributed by atoms with Gasteiger partial charge in [-0.05, 0) is 54.0 Å². The van der Waals surface area contributed by atoms with Gasteiger partial charge in [-0.3, -0.25) is 10.1 Å². The molecule has 1 saturated carbocycles. The lowest BCUT2D eigenvalue weighted by Gasteiger charge is -2.14. The number of hydrogen-bond acceptors (Lipinski definition) is 4. The van der Waals surface area contributed by atoms with Crippen LogP contribution < -0.4 is 5.32 Å². The smallest absolute Gasteiger partial charge is 0.282 e. The van der Waals surface area contributed by atoms with Gasteiger partial charge in [0.1, 0.15) is 0 Å². The van der Waals surface area contributed by atoms with E-state index in [9.17, 15) is 10.1 Å². The molecule has 2 unspecified atom stereocenters. The van der Waals surface area contributed by atoms with Gasteiger partial charge in [-0.15, -0.1) is 0 Å². The highest BCUT2D eigenvalue weighted by Crippen LogP contribution is 2.28. The largest absolute Gasteiger partial charge is 0.382 e. The van der Waals surface area contributed by atoms with E-state index in [1.54, 1.807) is 19.2 Å². The lowest BCUT2D eigenvalue weighted by Crippen LogP contribution is -2.17. The van der Waals surface area contributed by atoms with Crippen molar-refractivity contribution in [3.63, 3.8) is 0 Å². The molecule has 1 aromatic carbocycles. The summed E-state index contributed by atoms with van der Waals surface area (Å²) in [5, 5.41) is 14.1. The maximum Gasteiger partial charge on any atom is 0.282 e. The molecule has 0 saturated heterocycles. The zero-order valence-corrected chi connectivity index (χ0v) is 12.2. The Morgan fingerprint density at radius 3 is 2.83 bits per heavy atom. The number of halogens is 1. The number of nitrogens with zero attached hydrogens (tertiary/aromatic N) is 1. The first-order chi connectivity index (χ1) is 8.60. The predicted octanol–water partition coefficient (Wildman–Crippen LogP) is 3.18. The molecule has 0 spiro atoms. The minimum atomic E-state index is -0.359. The third-order valence-corrected chi connectivity index (χ3v) is 4.10. The van der Waals surface area contributed by atoms with E-state index >= 15 is 0 Å². The quantitative estimate of drug-likeness (QED) is 0.508. The van der Waals surface area contributed by atoms with Crippen LogP contribution in [0.4, 0.5) is 11.4 Å². The number of methoxy groups -OCH3 is 1. The minimum absolute atomic E-state index is 0.155. The van der Waals surface area contributed by atoms with Crippen LogP contribution in [-0.4, -0.2) is 24.2 Å². The van der Waals surface area contributed by atoms with Crippen LogP contribution in [0.5, 0.6) is 0 Å². The number of nitro groups is 1. The average Bonchev–Trinajstić information content (AvgIpc) is 2.76. The second kappa shape index (κ2) is 5.83. The Bertz CT molecular complexity index is 453. The van der Waals surface area contributed by atoms with Crippen molar-refractivity contribution in [1.82, 2.24) is 0 Å². The molecule has 1 N–H and O–H groups in total. The first kappa shape index (κ1) is 13.5. The maximum absolute atomic E-state index is 10.7. The molecule has 1 aromatic rings. The van der Waals surface area contributed by atoms with E-state index < -0.39 is 0 Å². The molecule has 6 heteroatoms. The van der Waals surface area contributed by atoms with Crippen LogP contribution in [0.15, 0.2) is 18.2 Å². The molecule has 2 rings (SSSR count). The van der Waals surface area contributed by atoms with Crippen molar-refractivity contribution in [3.8, 4) is 0 Å². The van der Waals surface area contributed by atoms with Crippen LogP contribution in [0.3, 0.4) is 0 Å². The van der Waals surface area contributed by atoms with E-state index in [0.717, 1.165) is 24.9 Å². The summed E-state index contributed by atoms with van der Waals surface area (Å²) in [6, 6.07) is 5.53. The Balaban J connectivity index is 2.02. The van der Waals surface area contributed by atoms with Gasteiger partial charge in [-0.2, -0.15) is 0 Å². The van der Waals surface area contributed by atoms with Crippen molar-refractivity contribution in [2.24, 2.45) is 0 Å². The number of rotatable bonds is 4. The fourth-order valence-electron chi connectivity index (χ4n) is 2.27. The summed E-state index contributed by atoms with van der Waals surface area (Å²) >= 11 is 1.99. The Morgan fingerprint density at radius 2 is 2.28 bits per heavy atom. The Kier molecular flexibility index (Phi) is 4.39. The topological polar surface area (TPSA) is 64.4 Å². The van der Waals surface area contributed by atoms with Crippen LogP contribution in [0.25, 0.3) is 0 Å². The van der Waals surface area contributed by atoms with Gasteiger partial charge < -0.3 is 10.1 Å². The SMILES string of the molecule is COC1CCC(Nc2ccc([N+](=O)[O-])c(I)c2)C1. The van der Waals surface area contributed by atoms with Crippen LogP contribution in [0.2, 0.25) is 0 Å². The zero-order valence-electron chi connectivity index (χ0n) is 10.1. The number of nitrogens with one attached hydrogen (secondary N) is 1. The van der Waals surface area contributed by atoms with Crippen LogP contribution in [-0.2, 0) is 4.74 Å². The van der Waals surface area contributed by atoms with E-state index in [2.05, 4.69) is 5.32 Å². The molecule has 0 amide bonds. The molecule has 2 atom stereocenters. The number of benzene rings is 1. The minimum Gasteiger partial charge on any atom is -0.382 e. The standard InChI is InChI=1S/C12H15IN2O3/c1-18-10-4-2-8(6-10)14-9-3-5-12(15(16)17)11(13)7-9/h3,5,7-8,10,14H,2,4,6H2,1H3. The first-order valence-electron chi connectivity index (χ1n) is 5.83. The van der Waals surface area contributed by atoms with Crippen LogP contribution in [0.1, 0.15) is 19.3 Å². The van der Waals surface area contributed by atoms with Gasteiger partial charge in [-0.1, -0.05) is 0 Å². The molecule has 0 heterocycles. The molecule has 1 aliphatic carbocycles. The molecule has 1 fully saturated rings. The molecule has 0 aromatic heterocycles. The summed E-state index contributed by atoms with van der Waals surface area (Å²) < 4.78 is 5.98. The summed E-state index contributed by atoms with van der Waals surface area (Å²) in [4.78, 5) is 10.4. The lowest BCUT2D eigenvalue weighted by atomic mass is 10.2. The Hall–Kier alpha value is -0.890. The fourth-order valence-corrected chi connectivity index (χ4v) is 2.98. The molecule has 5 nitrogen and oxygen atoms in total. The number of nitro benzene ring substituents is 1. The van der Waals surface area contributed by atoms with Crippen molar-refractivity contribution >= 4 is 34.0 Å². The molecule has 0 aliphatic heterocycles. The summed E-state index contributed by atoms with van der Waals surface area (Å²) in [5.41, 5.74) is 1.09. The second-order valence-corrected chi connectivity index (χ2v) is 5.60. The normalized spacial score (nSPS) is 23.0. The lowest BCUT2D eigenvalue weighted by molar-refractivity contribution is -0.385. The molecule has 18 heavy (non-hydrogen) atoms. The summed E-state index contributed by atoms with van der Waals surface area (Å²) in [7, 11) is 1.74. The van der Waals surface area contributed by atoms with Gasteiger partial charge in [0.15, 0.2) is 0 Å². The molecule has 1 aliphatic rings. The third-order valence-electron chi connectivity index (χ3n) is 3.23. The molecular formula is C12H15IN2O3. The molecular weight excluding hydrogens is 347 g/mol. The number of hydrogen-bond donors (Lipinski definition) is 1. The predicted molar refractivity (Wildman–Crippen MR) is 77.9 cm³/mol. The van der Waals surface area contributed by atoms with Crippen LogP contribution in [0, 0.1) is 13.7 Å². The van der Waals surface area contributed by atoms with Gasteiger partial charge in [0, 0.05) is 24.9 Å². The Labute approximate surface area is 119 Å². The number of anilines is 1. The van der Waals surface area contributed by atoms with Gasteiger partial charge in [0.2, 0.25) is 0 Å². The van der Waals surface area contributed by atoms with Crippen molar-refractivity contribution < 1.29 is 9.66 Å². The fraction of sp³-hybridized carbons (Fsp3) is 0.500. The second-order valence-electron chi connectivity index (χ2n) is 4.44. The van der Waals surface area contributed by atoms with Crippen molar-refractivity contribution in [3.05, 3.63) is 31.9 Å². The Morgan fingerprint density at radius 1 is 1.50 bits per heavy atom. The van der Waals surface area contributed by atoms with Gasteiger partial charge in [-0.25, -0.2) is 0 Å². The van der Waals surface area contributed by atoms with E-state index in [-0.39, 0.29) is 10.6 Å². The van der Waals surface area contributed by atoms with E-state index in [1.165, 1.54) is 0 Å². The van der Waals surface area contributed by atoms with Crippen LogP contribution >= 0.6 is 22.6 Å². The van der Waals surface area contributed by atoms with Crippen molar-refractivity contribution in [2.75, 3.05) is 12.4 Å². The summed E-state index contributed by atoms with van der Waals surface area (Å²) in [6.07, 6.45) is 3.47. The highest BCUT2D eigenvalue weighted by molar-refractivity contribution is 14.1. The van der Waals surface area contributed by atoms with Crippen molar-refractivity contribution in [2.45, 2.75) is 31.4 Å².